The van der Waals surface area contributed by atoms with E-state index in [1.807, 2.05) is 24.3 Å². The van der Waals surface area contributed by atoms with Crippen molar-refractivity contribution in [2.75, 3.05) is 13.1 Å². The molecule has 5 nitrogen and oxygen atoms in total. The molecule has 114 valence electrons. The number of rotatable bonds is 4. The molecule has 1 aliphatic heterocycles. The minimum atomic E-state index is 0.00735. The van der Waals surface area contributed by atoms with Crippen molar-refractivity contribution in [2.45, 2.75) is 25.8 Å². The number of nitrogens with zero attached hydrogens (tertiary/aromatic N) is 4. The number of allylic oxidation sites excluding steroid dienone is 2. The van der Waals surface area contributed by atoms with Crippen LogP contribution in [0.25, 0.3) is 16.5 Å². The van der Waals surface area contributed by atoms with Gasteiger partial charge in [0, 0.05) is 30.1 Å². The zero-order valence-electron chi connectivity index (χ0n) is 12.7. The third-order valence-corrected chi connectivity index (χ3v) is 3.71. The van der Waals surface area contributed by atoms with Gasteiger partial charge in [0.15, 0.2) is 0 Å². The summed E-state index contributed by atoms with van der Waals surface area (Å²) in [6, 6.07) is 8.23. The largest absolute Gasteiger partial charge is 0.339 e. The van der Waals surface area contributed by atoms with Crippen LogP contribution in [0.15, 0.2) is 47.6 Å². The first-order valence-corrected chi connectivity index (χ1v) is 7.43. The van der Waals surface area contributed by atoms with Crippen molar-refractivity contribution in [1.29, 1.82) is 0 Å². The Balaban J connectivity index is 1.82. The molecule has 0 atom stereocenters. The Morgan fingerprint density at radius 3 is 2.59 bits per heavy atom. The van der Waals surface area contributed by atoms with E-state index < -0.39 is 0 Å². The van der Waals surface area contributed by atoms with E-state index >= 15 is 0 Å². The molecule has 1 amide bonds. The van der Waals surface area contributed by atoms with Crippen LogP contribution in [0, 0.1) is 6.92 Å². The van der Waals surface area contributed by atoms with Crippen molar-refractivity contribution in [3.8, 4) is 0 Å². The number of amides is 1. The number of hydrogen-bond acceptors (Lipinski definition) is 2. The van der Waals surface area contributed by atoms with E-state index in [9.17, 15) is 4.79 Å². The van der Waals surface area contributed by atoms with Crippen LogP contribution < -0.4 is 0 Å². The molecule has 2 rings (SSSR count). The third-order valence-electron chi connectivity index (χ3n) is 3.71. The molecule has 5 heteroatoms. The molecular weight excluding hydrogens is 276 g/mol. The van der Waals surface area contributed by atoms with E-state index in [4.69, 9.17) is 5.53 Å². The van der Waals surface area contributed by atoms with Crippen LogP contribution in [0.5, 0.6) is 0 Å². The fourth-order valence-electron chi connectivity index (χ4n) is 2.36. The van der Waals surface area contributed by atoms with Crippen molar-refractivity contribution < 1.29 is 4.79 Å². The summed E-state index contributed by atoms with van der Waals surface area (Å²) in [5, 5.41) is 3.71. The average Bonchev–Trinajstić information content (AvgIpc) is 2.54. The van der Waals surface area contributed by atoms with Gasteiger partial charge in [-0.05, 0) is 30.9 Å². The van der Waals surface area contributed by atoms with Crippen LogP contribution in [-0.2, 0) is 4.79 Å². The smallest absolute Gasteiger partial charge is 0.246 e. The molecule has 0 aromatic heterocycles. The lowest BCUT2D eigenvalue weighted by molar-refractivity contribution is -0.127. The predicted octanol–water partition coefficient (Wildman–Crippen LogP) is 3.87. The molecule has 1 fully saturated rings. The van der Waals surface area contributed by atoms with E-state index in [1.165, 1.54) is 5.56 Å². The molecule has 1 aromatic carbocycles. The highest BCUT2D eigenvalue weighted by atomic mass is 16.2. The Kier molecular flexibility index (Phi) is 5.81. The maximum atomic E-state index is 12.0. The fourth-order valence-corrected chi connectivity index (χ4v) is 2.36. The molecule has 1 aliphatic rings. The molecule has 0 bridgehead atoms. The zero-order chi connectivity index (χ0) is 15.8. The van der Waals surface area contributed by atoms with Gasteiger partial charge in [0.2, 0.25) is 5.91 Å². The van der Waals surface area contributed by atoms with Crippen molar-refractivity contribution in [3.05, 3.63) is 64.1 Å². The standard InChI is InChI=1S/C17H20N4O/c1-14-6-8-15(9-7-14)4-2-3-5-17(22)21-12-10-16(11-13-21)19-20-18/h2-9,16H,10-13H2,1H3/b4-2+,5-3+. The summed E-state index contributed by atoms with van der Waals surface area (Å²) in [5.41, 5.74) is 10.7. The van der Waals surface area contributed by atoms with Gasteiger partial charge in [-0.25, -0.2) is 0 Å². The molecule has 0 N–H and O–H groups in total. The molecule has 22 heavy (non-hydrogen) atoms. The number of carbonyl (C=O) groups excluding carboxylic acids is 1. The van der Waals surface area contributed by atoms with Crippen molar-refractivity contribution in [2.24, 2.45) is 5.11 Å². The van der Waals surface area contributed by atoms with Gasteiger partial charge in [0.05, 0.1) is 0 Å². The molecule has 1 aromatic rings. The maximum Gasteiger partial charge on any atom is 0.246 e. The molecule has 0 spiro atoms. The van der Waals surface area contributed by atoms with Crippen LogP contribution in [-0.4, -0.2) is 29.9 Å². The van der Waals surface area contributed by atoms with E-state index in [0.29, 0.717) is 13.1 Å². The number of carbonyl (C=O) groups is 1. The van der Waals surface area contributed by atoms with Gasteiger partial charge in [0.25, 0.3) is 0 Å². The Labute approximate surface area is 130 Å². The topological polar surface area (TPSA) is 69.1 Å². The predicted molar refractivity (Wildman–Crippen MR) is 88.1 cm³/mol. The molecule has 0 aliphatic carbocycles. The first kappa shape index (κ1) is 15.9. The van der Waals surface area contributed by atoms with Crippen LogP contribution in [0.2, 0.25) is 0 Å². The monoisotopic (exact) mass is 296 g/mol. The molecule has 1 heterocycles. The summed E-state index contributed by atoms with van der Waals surface area (Å²) < 4.78 is 0. The lowest BCUT2D eigenvalue weighted by atomic mass is 10.1. The summed E-state index contributed by atoms with van der Waals surface area (Å²) in [4.78, 5) is 16.6. The maximum absolute atomic E-state index is 12.0. The minimum absolute atomic E-state index is 0.00735. The Morgan fingerprint density at radius 2 is 1.95 bits per heavy atom. The summed E-state index contributed by atoms with van der Waals surface area (Å²) >= 11 is 0. The minimum Gasteiger partial charge on any atom is -0.339 e. The Hall–Kier alpha value is -2.52. The number of piperidine rings is 1. The van der Waals surface area contributed by atoms with Crippen LogP contribution in [0.4, 0.5) is 0 Å². The van der Waals surface area contributed by atoms with Gasteiger partial charge >= 0.3 is 0 Å². The van der Waals surface area contributed by atoms with E-state index in [0.717, 1.165) is 18.4 Å². The molecule has 0 radical (unpaired) electrons. The van der Waals surface area contributed by atoms with E-state index in [-0.39, 0.29) is 11.9 Å². The van der Waals surface area contributed by atoms with Crippen LogP contribution >= 0.6 is 0 Å². The molecule has 0 saturated carbocycles. The van der Waals surface area contributed by atoms with Gasteiger partial charge in [-0.15, -0.1) is 0 Å². The fraction of sp³-hybridized carbons (Fsp3) is 0.353. The normalized spacial score (nSPS) is 16.1. The summed E-state index contributed by atoms with van der Waals surface area (Å²) in [6.45, 7) is 3.35. The number of aryl methyl sites for hydroxylation is 1. The second-order valence-electron chi connectivity index (χ2n) is 5.39. The van der Waals surface area contributed by atoms with E-state index in [1.54, 1.807) is 17.1 Å². The quantitative estimate of drug-likeness (QED) is 0.273. The van der Waals surface area contributed by atoms with E-state index in [2.05, 4.69) is 29.1 Å². The highest BCUT2D eigenvalue weighted by Gasteiger charge is 2.20. The number of hydrogen-bond donors (Lipinski definition) is 0. The second kappa shape index (κ2) is 8.05. The summed E-state index contributed by atoms with van der Waals surface area (Å²) in [7, 11) is 0. The SMILES string of the molecule is Cc1ccc(/C=C/C=C/C(=O)N2CCC(N=[N+]=[N-])CC2)cc1. The number of benzene rings is 1. The molecule has 0 unspecified atom stereocenters. The van der Waals surface area contributed by atoms with Gasteiger partial charge in [0.1, 0.15) is 0 Å². The van der Waals surface area contributed by atoms with Crippen molar-refractivity contribution in [1.82, 2.24) is 4.90 Å². The zero-order valence-corrected chi connectivity index (χ0v) is 12.7. The second-order valence-corrected chi connectivity index (χ2v) is 5.39. The lowest BCUT2D eigenvalue weighted by Gasteiger charge is -2.28. The average molecular weight is 296 g/mol. The van der Waals surface area contributed by atoms with Crippen LogP contribution in [0.1, 0.15) is 24.0 Å². The number of azide groups is 1. The van der Waals surface area contributed by atoms with Gasteiger partial charge in [-0.3, -0.25) is 4.79 Å². The van der Waals surface area contributed by atoms with Crippen LogP contribution in [0.3, 0.4) is 0 Å². The summed E-state index contributed by atoms with van der Waals surface area (Å²) in [6.07, 6.45) is 8.67. The third kappa shape index (κ3) is 4.79. The van der Waals surface area contributed by atoms with Gasteiger partial charge in [-0.2, -0.15) is 0 Å². The van der Waals surface area contributed by atoms with Gasteiger partial charge in [-0.1, -0.05) is 53.2 Å². The van der Waals surface area contributed by atoms with Crippen molar-refractivity contribution in [3.63, 3.8) is 0 Å². The molecular formula is C17H20N4O. The summed E-state index contributed by atoms with van der Waals surface area (Å²) in [5.74, 6) is 0.00735. The van der Waals surface area contributed by atoms with Gasteiger partial charge < -0.3 is 4.90 Å². The highest BCUT2D eigenvalue weighted by Crippen LogP contribution is 2.14. The first-order chi connectivity index (χ1) is 10.7. The Morgan fingerprint density at radius 1 is 1.27 bits per heavy atom. The molecule has 1 saturated heterocycles. The number of likely N-dealkylation sites (tertiary alicyclic amines) is 1. The lowest BCUT2D eigenvalue weighted by Crippen LogP contribution is -2.38. The first-order valence-electron chi connectivity index (χ1n) is 7.43. The van der Waals surface area contributed by atoms with Crippen molar-refractivity contribution >= 4 is 12.0 Å². The Bertz CT molecular complexity index is 604. The highest BCUT2D eigenvalue weighted by molar-refractivity contribution is 5.88.